The topological polar surface area (TPSA) is 95.8 Å². The second-order valence-electron chi connectivity index (χ2n) is 9.70. The molecule has 0 saturated carbocycles. The van der Waals surface area contributed by atoms with Crippen molar-refractivity contribution in [1.82, 2.24) is 0 Å². The Hall–Kier alpha value is -4.89. The molecule has 0 aliphatic heterocycles. The van der Waals surface area contributed by atoms with Gasteiger partial charge in [0.1, 0.15) is 46.0 Å². The van der Waals surface area contributed by atoms with Gasteiger partial charge in [0.15, 0.2) is 0 Å². The Bertz CT molecular complexity index is 1480. The van der Waals surface area contributed by atoms with Crippen LogP contribution in [0.5, 0.6) is 46.0 Å². The maximum atomic E-state index is 10.5. The molecule has 9 heteroatoms. The first-order valence-electron chi connectivity index (χ1n) is 14.0. The van der Waals surface area contributed by atoms with E-state index in [-0.39, 0.29) is 11.5 Å². The summed E-state index contributed by atoms with van der Waals surface area (Å²) in [6.45, 7) is 0. The monoisotopic (exact) mass is 630 g/mol. The van der Waals surface area contributed by atoms with Gasteiger partial charge in [0.2, 0.25) is 0 Å². The van der Waals surface area contributed by atoms with Gasteiger partial charge in [0.05, 0.1) is 64.3 Å². The number of thioether (sulfide) groups is 1. The highest BCUT2D eigenvalue weighted by molar-refractivity contribution is 8.00. The lowest BCUT2D eigenvalue weighted by molar-refractivity contribution is 0.369. The van der Waals surface area contributed by atoms with Crippen LogP contribution in [0.15, 0.2) is 84.9 Å². The summed E-state index contributed by atoms with van der Waals surface area (Å²) >= 11 is 1.55. The fraction of sp³-hybridized carbons (Fsp3) is 0.222. The standard InChI is InChI=1S/C36H38O8S/c1-39-25-19-29(41-3)35(30(20-25)42-4)33(17-15-23-11-7-9-13-27(23)37)45-34(18-16-24-12-8-10-14-28(24)38)36-31(43-5)21-26(40-2)22-32(36)44-6/h7-22,33-34,37-38H,1-6H3/b17-15-,18-16?. The number of hydrogen-bond donors (Lipinski definition) is 2. The van der Waals surface area contributed by atoms with E-state index < -0.39 is 10.5 Å². The van der Waals surface area contributed by atoms with Crippen molar-refractivity contribution in [3.8, 4) is 46.0 Å². The Kier molecular flexibility index (Phi) is 11.5. The van der Waals surface area contributed by atoms with Crippen LogP contribution in [0.4, 0.5) is 0 Å². The van der Waals surface area contributed by atoms with Gasteiger partial charge in [-0.2, -0.15) is 0 Å². The van der Waals surface area contributed by atoms with Crippen LogP contribution >= 0.6 is 11.8 Å². The Morgan fingerprint density at radius 3 is 1.13 bits per heavy atom. The van der Waals surface area contributed by atoms with E-state index in [2.05, 4.69) is 0 Å². The molecule has 2 unspecified atom stereocenters. The van der Waals surface area contributed by atoms with E-state index in [1.165, 1.54) is 0 Å². The van der Waals surface area contributed by atoms with Crippen LogP contribution in [0.2, 0.25) is 0 Å². The van der Waals surface area contributed by atoms with E-state index in [9.17, 15) is 10.2 Å². The maximum absolute atomic E-state index is 10.5. The lowest BCUT2D eigenvalue weighted by atomic mass is 10.1. The molecule has 0 aliphatic carbocycles. The number of phenols is 2. The summed E-state index contributed by atoms with van der Waals surface area (Å²) < 4.78 is 34.5. The van der Waals surface area contributed by atoms with Crippen molar-refractivity contribution in [2.75, 3.05) is 42.7 Å². The van der Waals surface area contributed by atoms with E-state index in [1.54, 1.807) is 103 Å². The summed E-state index contributed by atoms with van der Waals surface area (Å²) in [5, 5.41) is 20.3. The van der Waals surface area contributed by atoms with Crippen LogP contribution in [0.3, 0.4) is 0 Å². The van der Waals surface area contributed by atoms with Gasteiger partial charge in [0.25, 0.3) is 0 Å². The first-order chi connectivity index (χ1) is 21.9. The molecule has 0 saturated heterocycles. The Balaban J connectivity index is 1.96. The van der Waals surface area contributed by atoms with Crippen molar-refractivity contribution in [3.63, 3.8) is 0 Å². The van der Waals surface area contributed by atoms with Gasteiger partial charge in [-0.15, -0.1) is 11.8 Å². The first-order valence-corrected chi connectivity index (χ1v) is 15.0. The van der Waals surface area contributed by atoms with Crippen molar-refractivity contribution >= 4 is 23.9 Å². The summed E-state index contributed by atoms with van der Waals surface area (Å²) in [7, 11) is 9.55. The number of methoxy groups -OCH3 is 6. The van der Waals surface area contributed by atoms with Gasteiger partial charge in [-0.25, -0.2) is 0 Å². The lowest BCUT2D eigenvalue weighted by Crippen LogP contribution is -2.05. The van der Waals surface area contributed by atoms with Crippen LogP contribution in [0, 0.1) is 0 Å². The Labute approximate surface area is 268 Å². The van der Waals surface area contributed by atoms with Gasteiger partial charge in [-0.05, 0) is 12.1 Å². The highest BCUT2D eigenvalue weighted by Gasteiger charge is 2.28. The number of benzene rings is 4. The highest BCUT2D eigenvalue weighted by Crippen LogP contribution is 2.53. The third-order valence-electron chi connectivity index (χ3n) is 7.14. The molecule has 0 spiro atoms. The zero-order chi connectivity index (χ0) is 32.3. The van der Waals surface area contributed by atoms with E-state index in [0.29, 0.717) is 45.6 Å². The zero-order valence-corrected chi connectivity index (χ0v) is 27.0. The molecule has 4 rings (SSSR count). The summed E-state index contributed by atoms with van der Waals surface area (Å²) in [6.07, 6.45) is 7.69. The SMILES string of the molecule is COc1cc(OC)c(C(C=Cc2ccccc2O)SC(/C=C\c2ccccc2O)c2c(OC)cc(OC)cc2OC)c(OC)c1. The number of aromatic hydroxyl groups is 2. The second-order valence-corrected chi connectivity index (χ2v) is 11.0. The highest BCUT2D eigenvalue weighted by atomic mass is 32.2. The van der Waals surface area contributed by atoms with Gasteiger partial charge in [0, 0.05) is 35.4 Å². The largest absolute Gasteiger partial charge is 0.507 e. The Morgan fingerprint density at radius 2 is 0.844 bits per heavy atom. The molecule has 236 valence electrons. The third-order valence-corrected chi connectivity index (χ3v) is 8.52. The molecule has 2 N–H and O–H groups in total. The minimum Gasteiger partial charge on any atom is -0.507 e. The molecule has 45 heavy (non-hydrogen) atoms. The van der Waals surface area contributed by atoms with Crippen LogP contribution in [0.25, 0.3) is 12.2 Å². The number of phenolic OH excluding ortho intramolecular Hbond substituents is 2. The van der Waals surface area contributed by atoms with Gasteiger partial charge in [-0.3, -0.25) is 0 Å². The number of hydrogen-bond acceptors (Lipinski definition) is 9. The molecule has 0 heterocycles. The van der Waals surface area contributed by atoms with Crippen molar-refractivity contribution in [3.05, 3.63) is 107 Å². The van der Waals surface area contributed by atoms with Crippen LogP contribution in [-0.2, 0) is 0 Å². The molecule has 0 amide bonds. The molecular weight excluding hydrogens is 592 g/mol. The molecule has 4 aromatic rings. The third kappa shape index (κ3) is 7.80. The van der Waals surface area contributed by atoms with Crippen molar-refractivity contribution in [2.24, 2.45) is 0 Å². The molecule has 0 aliphatic rings. The van der Waals surface area contributed by atoms with Crippen LogP contribution in [-0.4, -0.2) is 52.9 Å². The minimum atomic E-state index is -0.407. The van der Waals surface area contributed by atoms with Crippen LogP contribution in [0.1, 0.15) is 32.8 Å². The van der Waals surface area contributed by atoms with E-state index in [4.69, 9.17) is 28.4 Å². The number of rotatable bonds is 14. The molecule has 0 fully saturated rings. The summed E-state index contributed by atoms with van der Waals surface area (Å²) in [6, 6.07) is 21.4. The maximum Gasteiger partial charge on any atom is 0.130 e. The quantitative estimate of drug-likeness (QED) is 0.143. The first kappa shape index (κ1) is 33.0. The summed E-state index contributed by atoms with van der Waals surface area (Å²) in [5.74, 6) is 3.70. The molecular formula is C36H38O8S. The fourth-order valence-electron chi connectivity index (χ4n) is 4.84. The fourth-order valence-corrected chi connectivity index (χ4v) is 6.23. The van der Waals surface area contributed by atoms with Gasteiger partial charge in [-0.1, -0.05) is 60.7 Å². The van der Waals surface area contributed by atoms with Crippen molar-refractivity contribution in [2.45, 2.75) is 10.5 Å². The summed E-state index contributed by atoms with van der Waals surface area (Å²) in [5.41, 5.74) is 2.81. The zero-order valence-electron chi connectivity index (χ0n) is 26.1. The second kappa shape index (κ2) is 15.7. The normalized spacial score (nSPS) is 12.6. The average Bonchev–Trinajstić information content (AvgIpc) is 3.08. The van der Waals surface area contributed by atoms with Crippen LogP contribution < -0.4 is 28.4 Å². The molecule has 4 aromatic carbocycles. The molecule has 0 radical (unpaired) electrons. The predicted octanol–water partition coefficient (Wildman–Crippen LogP) is 8.09. The van der Waals surface area contributed by atoms with Gasteiger partial charge >= 0.3 is 0 Å². The number of ether oxygens (including phenoxy) is 6. The molecule has 0 bridgehead atoms. The lowest BCUT2D eigenvalue weighted by Gasteiger charge is -2.26. The summed E-state index contributed by atoms with van der Waals surface area (Å²) in [4.78, 5) is 0. The molecule has 2 atom stereocenters. The average molecular weight is 631 g/mol. The predicted molar refractivity (Wildman–Crippen MR) is 180 cm³/mol. The van der Waals surface area contributed by atoms with E-state index in [1.807, 2.05) is 48.6 Å². The van der Waals surface area contributed by atoms with Crippen molar-refractivity contribution < 1.29 is 38.6 Å². The van der Waals surface area contributed by atoms with Gasteiger partial charge < -0.3 is 38.6 Å². The van der Waals surface area contributed by atoms with E-state index >= 15 is 0 Å². The smallest absolute Gasteiger partial charge is 0.130 e. The minimum absolute atomic E-state index is 0.153. The van der Waals surface area contributed by atoms with Crippen molar-refractivity contribution in [1.29, 1.82) is 0 Å². The molecule has 8 nitrogen and oxygen atoms in total. The molecule has 0 aromatic heterocycles. The van der Waals surface area contributed by atoms with E-state index in [0.717, 1.165) is 11.1 Å². The number of para-hydroxylation sites is 2. The Morgan fingerprint density at radius 1 is 0.511 bits per heavy atom.